The van der Waals surface area contributed by atoms with Gasteiger partial charge in [-0.05, 0) is 89.5 Å². The molecule has 512 valence electrons. The molecule has 0 heterocycles. The Morgan fingerprint density at radius 1 is 0.402 bits per heavy atom. The van der Waals surface area contributed by atoms with Crippen LogP contribution in [0.3, 0.4) is 0 Å². The summed E-state index contributed by atoms with van der Waals surface area (Å²) in [4.78, 5) is 37.9. The number of allylic oxidation sites excluding steroid dienone is 7. The van der Waals surface area contributed by atoms with Crippen molar-refractivity contribution in [3.63, 3.8) is 0 Å². The van der Waals surface area contributed by atoms with Gasteiger partial charge in [0.1, 0.15) is 19.3 Å². The van der Waals surface area contributed by atoms with E-state index in [1.54, 1.807) is 0 Å². The van der Waals surface area contributed by atoms with E-state index in [2.05, 4.69) is 62.5 Å². The Hall–Kier alpha value is -2.03. The van der Waals surface area contributed by atoms with Crippen LogP contribution < -0.4 is 5.32 Å². The Balaban J connectivity index is 4.91. The van der Waals surface area contributed by atoms with Gasteiger partial charge in [0.2, 0.25) is 5.91 Å². The summed E-state index contributed by atoms with van der Waals surface area (Å²) in [5.41, 5.74) is 0. The highest BCUT2D eigenvalue weighted by molar-refractivity contribution is 7.47. The maximum absolute atomic E-state index is 13.6. The molecule has 0 aliphatic carbocycles. The Morgan fingerprint density at radius 3 is 1.07 bits per heavy atom. The van der Waals surface area contributed by atoms with Crippen LogP contribution in [0.1, 0.15) is 380 Å². The highest BCUT2D eigenvalue weighted by atomic mass is 31.2. The smallest absolute Gasteiger partial charge is 0.456 e. The number of amides is 1. The number of ether oxygens (including phenoxy) is 1. The van der Waals surface area contributed by atoms with Crippen molar-refractivity contribution in [1.82, 2.24) is 5.32 Å². The number of nitrogens with one attached hydrogen (secondary N) is 1. The van der Waals surface area contributed by atoms with Crippen LogP contribution in [0.15, 0.2) is 48.6 Å². The number of hydrogen-bond donors (Lipinski definition) is 2. The lowest BCUT2D eigenvalue weighted by Gasteiger charge is -2.27. The van der Waals surface area contributed by atoms with Crippen LogP contribution in [-0.4, -0.2) is 74.3 Å². The van der Waals surface area contributed by atoms with Gasteiger partial charge < -0.3 is 19.4 Å². The van der Waals surface area contributed by atoms with Gasteiger partial charge >= 0.3 is 13.8 Å². The summed E-state index contributed by atoms with van der Waals surface area (Å²) in [6.45, 7) is 7.04. The fourth-order valence-corrected chi connectivity index (χ4v) is 12.1. The molecule has 0 aliphatic heterocycles. The molecular weight excluding hydrogens is 1100 g/mol. The normalized spacial score (nSPS) is 13.7. The third kappa shape index (κ3) is 68.2. The molecule has 3 unspecified atom stereocenters. The number of hydrogen-bond acceptors (Lipinski definition) is 6. The number of rotatable bonds is 70. The summed E-state index contributed by atoms with van der Waals surface area (Å²) >= 11 is 0. The van der Waals surface area contributed by atoms with E-state index in [-0.39, 0.29) is 25.1 Å². The summed E-state index contributed by atoms with van der Waals surface area (Å²) in [5.74, 6) is -0.486. The van der Waals surface area contributed by atoms with Crippen molar-refractivity contribution in [2.75, 3.05) is 40.9 Å². The topological polar surface area (TPSA) is 111 Å². The van der Waals surface area contributed by atoms with E-state index in [4.69, 9.17) is 13.8 Å². The van der Waals surface area contributed by atoms with Crippen molar-refractivity contribution in [1.29, 1.82) is 0 Å². The minimum Gasteiger partial charge on any atom is -0.456 e. The average molecular weight is 1250 g/mol. The van der Waals surface area contributed by atoms with Gasteiger partial charge in [-0.15, -0.1) is 0 Å². The zero-order valence-electron chi connectivity index (χ0n) is 58.8. The number of quaternary nitrogens is 1. The number of nitrogens with zero attached hydrogens (tertiary/aromatic N) is 1. The van der Waals surface area contributed by atoms with Gasteiger partial charge in [0.05, 0.1) is 33.8 Å². The molecule has 1 amide bonds. The molecule has 0 saturated carbocycles. The maximum Gasteiger partial charge on any atom is 0.472 e. The van der Waals surface area contributed by atoms with Crippen molar-refractivity contribution < 1.29 is 37.3 Å². The minimum atomic E-state index is -4.45. The Kier molecular flexibility index (Phi) is 65.3. The standard InChI is InChI=1S/C77H147N2O7P/c1-7-10-13-16-19-22-25-27-29-31-33-35-37-39-41-43-45-47-49-51-54-57-60-63-66-69-76(80)78-74(73-85-87(82,83)84-72-71-79(4,5)6)75(68-65-62-59-56-53-24-21-18-15-12-9-3)86-77(81)70-67-64-61-58-55-52-50-48-46-44-42-40-38-36-34-32-30-28-26-23-20-17-14-11-8-2/h20,23,27-30,65,68,74-75H,7-19,21-22,24-26,31-64,66-67,69-73H2,1-6H3,(H-,78,80,82,83)/p+1/b23-20-,29-27+,30-28-,68-65+. The molecule has 3 atom stereocenters. The minimum absolute atomic E-state index is 0.0424. The van der Waals surface area contributed by atoms with E-state index < -0.39 is 20.0 Å². The van der Waals surface area contributed by atoms with Gasteiger partial charge in [-0.2, -0.15) is 0 Å². The monoisotopic (exact) mass is 1240 g/mol. The molecule has 2 N–H and O–H groups in total. The van der Waals surface area contributed by atoms with Crippen LogP contribution in [0.5, 0.6) is 0 Å². The zero-order chi connectivity index (χ0) is 63.5. The van der Waals surface area contributed by atoms with Gasteiger partial charge in [0.25, 0.3) is 0 Å². The molecule has 0 saturated heterocycles. The second-order valence-electron chi connectivity index (χ2n) is 27.2. The van der Waals surface area contributed by atoms with Crippen LogP contribution in [0, 0.1) is 0 Å². The quantitative estimate of drug-likeness (QED) is 0.0205. The first kappa shape index (κ1) is 85.0. The molecule has 10 heteroatoms. The Bertz CT molecular complexity index is 1620. The van der Waals surface area contributed by atoms with Crippen molar-refractivity contribution >= 4 is 19.7 Å². The first-order chi connectivity index (χ1) is 42.4. The van der Waals surface area contributed by atoms with Gasteiger partial charge in [-0.3, -0.25) is 18.6 Å². The van der Waals surface area contributed by atoms with Crippen molar-refractivity contribution in [2.24, 2.45) is 0 Å². The number of carbonyl (C=O) groups excluding carboxylic acids is 2. The molecule has 0 radical (unpaired) electrons. The number of likely N-dealkylation sites (N-methyl/N-ethyl adjacent to an activating group) is 1. The van der Waals surface area contributed by atoms with Crippen LogP contribution in [-0.2, 0) is 27.9 Å². The molecule has 0 spiro atoms. The average Bonchev–Trinajstić information content (AvgIpc) is 3.70. The van der Waals surface area contributed by atoms with Crippen LogP contribution in [0.25, 0.3) is 0 Å². The SMILES string of the molecule is CCCCC/C=C\C/C=C\CCCCCCCCCCCCCCCCCC(=O)OC(/C=C/CCCCCCCCCCC)C(COP(=O)(O)OCC[N+](C)(C)C)NC(=O)CCCCCCCCCCCCCCCCC/C=C/CCCCCCCC. The molecule has 0 aromatic rings. The van der Waals surface area contributed by atoms with Crippen molar-refractivity contribution in [3.05, 3.63) is 48.6 Å². The van der Waals surface area contributed by atoms with Gasteiger partial charge in [-0.25, -0.2) is 4.57 Å². The number of esters is 1. The summed E-state index contributed by atoms with van der Waals surface area (Å²) in [6, 6.07) is -0.847. The molecule has 9 nitrogen and oxygen atoms in total. The van der Waals surface area contributed by atoms with Gasteiger partial charge in [0.15, 0.2) is 0 Å². The third-order valence-corrected chi connectivity index (χ3v) is 18.2. The van der Waals surface area contributed by atoms with Gasteiger partial charge in [0, 0.05) is 12.8 Å². The summed E-state index contributed by atoms with van der Waals surface area (Å²) in [7, 11) is 1.51. The molecule has 0 fully saturated rings. The highest BCUT2D eigenvalue weighted by Crippen LogP contribution is 2.43. The molecule has 87 heavy (non-hydrogen) atoms. The van der Waals surface area contributed by atoms with Crippen molar-refractivity contribution in [3.8, 4) is 0 Å². The number of phosphoric acid groups is 1. The maximum atomic E-state index is 13.6. The Morgan fingerprint density at radius 2 is 0.701 bits per heavy atom. The molecule has 0 aliphatic rings. The van der Waals surface area contributed by atoms with Crippen LogP contribution in [0.4, 0.5) is 0 Å². The highest BCUT2D eigenvalue weighted by Gasteiger charge is 2.30. The van der Waals surface area contributed by atoms with E-state index in [1.807, 2.05) is 33.3 Å². The van der Waals surface area contributed by atoms with Crippen molar-refractivity contribution in [2.45, 2.75) is 392 Å². The van der Waals surface area contributed by atoms with E-state index in [0.29, 0.717) is 23.9 Å². The first-order valence-electron chi connectivity index (χ1n) is 38.0. The number of phosphoric ester groups is 1. The predicted molar refractivity (Wildman–Crippen MR) is 379 cm³/mol. The third-order valence-electron chi connectivity index (χ3n) is 17.2. The van der Waals surface area contributed by atoms with E-state index in [9.17, 15) is 19.0 Å². The first-order valence-corrected chi connectivity index (χ1v) is 39.5. The number of carbonyl (C=O) groups is 2. The predicted octanol–water partition coefficient (Wildman–Crippen LogP) is 24.4. The molecule has 0 aromatic heterocycles. The lowest BCUT2D eigenvalue weighted by molar-refractivity contribution is -0.870. The van der Waals surface area contributed by atoms with E-state index >= 15 is 0 Å². The zero-order valence-corrected chi connectivity index (χ0v) is 59.7. The summed E-state index contributed by atoms with van der Waals surface area (Å²) in [6.07, 6.45) is 85.7. The lowest BCUT2D eigenvalue weighted by atomic mass is 10.0. The van der Waals surface area contributed by atoms with Gasteiger partial charge in [-0.1, -0.05) is 327 Å². The Labute approximate surface area is 541 Å². The summed E-state index contributed by atoms with van der Waals surface area (Å²) in [5, 5.41) is 3.08. The molecule has 0 rings (SSSR count). The second-order valence-corrected chi connectivity index (χ2v) is 28.6. The van der Waals surface area contributed by atoms with Crippen LogP contribution >= 0.6 is 7.82 Å². The number of unbranched alkanes of at least 4 members (excludes halogenated alkanes) is 48. The lowest BCUT2D eigenvalue weighted by Crippen LogP contribution is -2.47. The molecule has 0 bridgehead atoms. The summed E-state index contributed by atoms with van der Waals surface area (Å²) < 4.78 is 30.9. The van der Waals surface area contributed by atoms with E-state index in [1.165, 1.54) is 283 Å². The molecular formula is C77H148N2O7P+. The second kappa shape index (κ2) is 66.9. The molecule has 0 aromatic carbocycles. The van der Waals surface area contributed by atoms with E-state index in [0.717, 1.165) is 64.2 Å². The fourth-order valence-electron chi connectivity index (χ4n) is 11.4. The fraction of sp³-hybridized carbons (Fsp3) is 0.870. The largest absolute Gasteiger partial charge is 0.472 e. The van der Waals surface area contributed by atoms with Crippen LogP contribution in [0.2, 0.25) is 0 Å².